The molecule has 7 nitrogen and oxygen atoms in total. The molecule has 0 radical (unpaired) electrons. The van der Waals surface area contributed by atoms with E-state index < -0.39 is 0 Å². The molecule has 1 saturated carbocycles. The number of fused-ring (bicyclic) bond motifs is 2. The maximum atomic E-state index is 5.61. The largest absolute Gasteiger partial charge is 0.493 e. The third-order valence-electron chi connectivity index (χ3n) is 7.81. The molecule has 0 atom stereocenters. The lowest BCUT2D eigenvalue weighted by atomic mass is 9.76. The number of H-pyrrole nitrogens is 1. The third-order valence-corrected chi connectivity index (χ3v) is 7.81. The van der Waals surface area contributed by atoms with Crippen LogP contribution in [0.2, 0.25) is 0 Å². The van der Waals surface area contributed by atoms with Gasteiger partial charge in [0.1, 0.15) is 6.33 Å². The lowest BCUT2D eigenvalue weighted by Gasteiger charge is -2.34. The molecule has 6 rings (SSSR count). The van der Waals surface area contributed by atoms with Crippen LogP contribution in [0.4, 0.5) is 0 Å². The predicted molar refractivity (Wildman–Crippen MR) is 132 cm³/mol. The van der Waals surface area contributed by atoms with Crippen molar-refractivity contribution in [3.05, 3.63) is 42.1 Å². The molecule has 1 aliphatic heterocycles. The van der Waals surface area contributed by atoms with E-state index in [2.05, 4.69) is 35.0 Å². The van der Waals surface area contributed by atoms with Crippen molar-refractivity contribution in [1.82, 2.24) is 24.6 Å². The Morgan fingerprint density at radius 1 is 1.12 bits per heavy atom. The molecule has 0 bridgehead atoms. The average molecular weight is 460 g/mol. The molecular formula is C27H33N5O2. The van der Waals surface area contributed by atoms with Crippen LogP contribution in [0.1, 0.15) is 69.0 Å². The van der Waals surface area contributed by atoms with Gasteiger partial charge in [-0.1, -0.05) is 13.8 Å². The Balaban J connectivity index is 1.33. The number of aromatic amines is 1. The van der Waals surface area contributed by atoms with Crippen molar-refractivity contribution in [3.8, 4) is 17.0 Å². The fourth-order valence-electron chi connectivity index (χ4n) is 5.95. The van der Waals surface area contributed by atoms with Gasteiger partial charge < -0.3 is 14.5 Å². The van der Waals surface area contributed by atoms with Gasteiger partial charge in [0.25, 0.3) is 0 Å². The third kappa shape index (κ3) is 3.76. The second kappa shape index (κ2) is 8.69. The molecule has 0 spiro atoms. The van der Waals surface area contributed by atoms with E-state index in [1.165, 1.54) is 48.7 Å². The molecule has 1 saturated heterocycles. The van der Waals surface area contributed by atoms with Gasteiger partial charge in [-0.05, 0) is 61.6 Å². The van der Waals surface area contributed by atoms with Crippen molar-refractivity contribution < 1.29 is 9.47 Å². The number of rotatable bonds is 6. The van der Waals surface area contributed by atoms with Crippen LogP contribution in [-0.2, 0) is 4.74 Å². The molecule has 1 aliphatic carbocycles. The Labute approximate surface area is 199 Å². The van der Waals surface area contributed by atoms with Crippen molar-refractivity contribution in [2.24, 2.45) is 11.8 Å². The smallest absolute Gasteiger partial charge is 0.197 e. The van der Waals surface area contributed by atoms with E-state index in [1.54, 1.807) is 18.0 Å². The summed E-state index contributed by atoms with van der Waals surface area (Å²) in [5.41, 5.74) is 6.51. The zero-order valence-electron chi connectivity index (χ0n) is 20.3. The first kappa shape index (κ1) is 21.6. The summed E-state index contributed by atoms with van der Waals surface area (Å²) in [4.78, 5) is 12.9. The Kier molecular flexibility index (Phi) is 5.52. The monoisotopic (exact) mass is 459 g/mol. The van der Waals surface area contributed by atoms with Crippen LogP contribution in [0.15, 0.2) is 30.9 Å². The highest BCUT2D eigenvalue weighted by atomic mass is 16.5. The van der Waals surface area contributed by atoms with Gasteiger partial charge in [0.15, 0.2) is 11.4 Å². The molecule has 0 amide bonds. The van der Waals surface area contributed by atoms with E-state index in [4.69, 9.17) is 14.5 Å². The molecule has 0 aromatic carbocycles. The molecule has 2 aliphatic rings. The SMILES string of the molecule is COc1cc(-c2[nH]c3cnc(C4CCC(CC5COC5)CC4)cc3c2C(C)C)cn2ncnc12. The first-order chi connectivity index (χ1) is 16.6. The van der Waals surface area contributed by atoms with Gasteiger partial charge in [-0.3, -0.25) is 4.98 Å². The summed E-state index contributed by atoms with van der Waals surface area (Å²) in [6.45, 7) is 6.46. The number of hydrogen-bond donors (Lipinski definition) is 1. The van der Waals surface area contributed by atoms with Gasteiger partial charge in [0.2, 0.25) is 0 Å². The number of hydrogen-bond acceptors (Lipinski definition) is 5. The maximum absolute atomic E-state index is 5.61. The minimum Gasteiger partial charge on any atom is -0.493 e. The van der Waals surface area contributed by atoms with Crippen LogP contribution in [0, 0.1) is 11.8 Å². The Bertz CT molecular complexity index is 1310. The van der Waals surface area contributed by atoms with Crippen molar-refractivity contribution in [2.45, 2.75) is 57.8 Å². The molecule has 2 fully saturated rings. The predicted octanol–water partition coefficient (Wildman–Crippen LogP) is 5.71. The van der Waals surface area contributed by atoms with Crippen LogP contribution >= 0.6 is 0 Å². The average Bonchev–Trinajstić information content (AvgIpc) is 3.45. The van der Waals surface area contributed by atoms with E-state index in [0.717, 1.165) is 47.5 Å². The second-order valence-electron chi connectivity index (χ2n) is 10.4. The van der Waals surface area contributed by atoms with Gasteiger partial charge >= 0.3 is 0 Å². The summed E-state index contributed by atoms with van der Waals surface area (Å²) >= 11 is 0. The van der Waals surface area contributed by atoms with Crippen LogP contribution < -0.4 is 4.74 Å². The Morgan fingerprint density at radius 2 is 1.94 bits per heavy atom. The van der Waals surface area contributed by atoms with E-state index in [1.807, 2.05) is 18.5 Å². The summed E-state index contributed by atoms with van der Waals surface area (Å²) in [6, 6.07) is 4.39. The van der Waals surface area contributed by atoms with E-state index in [-0.39, 0.29) is 0 Å². The lowest BCUT2D eigenvalue weighted by Crippen LogP contribution is -2.30. The van der Waals surface area contributed by atoms with Crippen molar-refractivity contribution >= 4 is 16.6 Å². The summed E-state index contributed by atoms with van der Waals surface area (Å²) in [7, 11) is 1.67. The number of nitrogens with one attached hydrogen (secondary N) is 1. The first-order valence-corrected chi connectivity index (χ1v) is 12.6. The Morgan fingerprint density at radius 3 is 2.65 bits per heavy atom. The topological polar surface area (TPSA) is 77.3 Å². The minimum absolute atomic E-state index is 0.358. The van der Waals surface area contributed by atoms with Gasteiger partial charge in [-0.2, -0.15) is 5.10 Å². The summed E-state index contributed by atoms with van der Waals surface area (Å²) in [5.74, 6) is 3.30. The first-order valence-electron chi connectivity index (χ1n) is 12.6. The summed E-state index contributed by atoms with van der Waals surface area (Å²) in [5, 5.41) is 5.62. The zero-order chi connectivity index (χ0) is 23.2. The van der Waals surface area contributed by atoms with Gasteiger partial charge in [0.05, 0.1) is 37.7 Å². The highest BCUT2D eigenvalue weighted by molar-refractivity contribution is 5.91. The van der Waals surface area contributed by atoms with Crippen molar-refractivity contribution in [3.63, 3.8) is 0 Å². The fraction of sp³-hybridized carbons (Fsp3) is 0.519. The molecule has 1 N–H and O–H groups in total. The quantitative estimate of drug-likeness (QED) is 0.399. The van der Waals surface area contributed by atoms with Gasteiger partial charge in [-0.25, -0.2) is 9.50 Å². The van der Waals surface area contributed by atoms with Crippen molar-refractivity contribution in [1.29, 1.82) is 0 Å². The molecule has 0 unspecified atom stereocenters. The molecular weight excluding hydrogens is 426 g/mol. The van der Waals surface area contributed by atoms with Crippen LogP contribution in [0.25, 0.3) is 27.8 Å². The van der Waals surface area contributed by atoms with Crippen molar-refractivity contribution in [2.75, 3.05) is 20.3 Å². The molecule has 4 aromatic heterocycles. The molecule has 5 heterocycles. The number of aromatic nitrogens is 5. The van der Waals surface area contributed by atoms with E-state index >= 15 is 0 Å². The molecule has 7 heteroatoms. The maximum Gasteiger partial charge on any atom is 0.197 e. The Hall–Kier alpha value is -2.93. The fourth-order valence-corrected chi connectivity index (χ4v) is 5.95. The normalized spacial score (nSPS) is 21.4. The highest BCUT2D eigenvalue weighted by Crippen LogP contribution is 2.41. The van der Waals surface area contributed by atoms with Gasteiger partial charge in [0, 0.05) is 34.7 Å². The number of pyridine rings is 2. The summed E-state index contributed by atoms with van der Waals surface area (Å²) in [6.07, 6.45) is 12.1. The van der Waals surface area contributed by atoms with E-state index in [9.17, 15) is 0 Å². The number of ether oxygens (including phenoxy) is 2. The zero-order valence-corrected chi connectivity index (χ0v) is 20.3. The molecule has 4 aromatic rings. The molecule has 34 heavy (non-hydrogen) atoms. The summed E-state index contributed by atoms with van der Waals surface area (Å²) < 4.78 is 12.8. The van der Waals surface area contributed by atoms with Crippen LogP contribution in [0.5, 0.6) is 5.75 Å². The van der Waals surface area contributed by atoms with Gasteiger partial charge in [-0.15, -0.1) is 0 Å². The number of nitrogens with zero attached hydrogens (tertiary/aromatic N) is 4. The lowest BCUT2D eigenvalue weighted by molar-refractivity contribution is -0.0448. The number of methoxy groups -OCH3 is 1. The standard InChI is InChI=1S/C27H33N5O2/c1-16(2)25-21-10-22(19-6-4-17(5-7-19)8-18-13-34-14-18)28-11-23(21)31-26(25)20-9-24(33-3)27-29-15-30-32(27)12-20/h9-12,15-19,31H,4-8,13-14H2,1-3H3. The van der Waals surface area contributed by atoms with Crippen LogP contribution in [-0.4, -0.2) is 44.9 Å². The van der Waals surface area contributed by atoms with E-state index in [0.29, 0.717) is 17.6 Å². The highest BCUT2D eigenvalue weighted by Gasteiger charge is 2.28. The molecule has 178 valence electrons. The second-order valence-corrected chi connectivity index (χ2v) is 10.4. The van der Waals surface area contributed by atoms with Crippen LogP contribution in [0.3, 0.4) is 0 Å². The minimum atomic E-state index is 0.358.